The maximum Gasteiger partial charge on any atom is 0.407 e. The van der Waals surface area contributed by atoms with Crippen molar-refractivity contribution in [2.45, 2.75) is 45.6 Å². The lowest BCUT2D eigenvalue weighted by atomic mass is 10.1. The average Bonchev–Trinajstić information content (AvgIpc) is 3.09. The Hall–Kier alpha value is -2.15. The van der Waals surface area contributed by atoms with Crippen LogP contribution in [0.4, 0.5) is 9.18 Å². The molecule has 0 radical (unpaired) electrons. The number of benzene rings is 1. The Labute approximate surface area is 145 Å². The quantitative estimate of drug-likeness (QED) is 0.886. The summed E-state index contributed by atoms with van der Waals surface area (Å²) in [4.78, 5) is 15.9. The Morgan fingerprint density at radius 1 is 1.48 bits per heavy atom. The first-order chi connectivity index (χ1) is 11.8. The lowest BCUT2D eigenvalue weighted by Crippen LogP contribution is -2.33. The van der Waals surface area contributed by atoms with Crippen molar-refractivity contribution >= 4 is 17.2 Å². The number of aliphatic hydroxyl groups is 1. The van der Waals surface area contributed by atoms with Gasteiger partial charge in [0.2, 0.25) is 0 Å². The molecule has 0 spiro atoms. The molecule has 0 aliphatic heterocycles. The average molecular weight is 350 g/mol. The molecule has 1 aliphatic rings. The molecular weight excluding hydrogens is 327 g/mol. The third-order valence-electron chi connectivity index (χ3n) is 4.13. The van der Waals surface area contributed by atoms with E-state index in [4.69, 9.17) is 9.15 Å². The third-order valence-corrected chi connectivity index (χ3v) is 4.13. The van der Waals surface area contributed by atoms with Gasteiger partial charge in [-0.1, -0.05) is 0 Å². The topological polar surface area (TPSA) is 84.6 Å². The van der Waals surface area contributed by atoms with E-state index in [1.807, 2.05) is 6.07 Å². The van der Waals surface area contributed by atoms with Crippen LogP contribution in [0.25, 0.3) is 11.1 Å². The van der Waals surface area contributed by atoms with Crippen LogP contribution in [-0.2, 0) is 24.0 Å². The number of carbonyl (C=O) groups is 1. The SMILES string of the molecule is CC(C)(C)OC(=O)NCCc1nc2cc3c(c(F)c2o1)CC(CO)C3. The van der Waals surface area contributed by atoms with E-state index < -0.39 is 11.7 Å². The zero-order chi connectivity index (χ0) is 18.2. The first-order valence-electron chi connectivity index (χ1n) is 8.44. The van der Waals surface area contributed by atoms with Crippen molar-refractivity contribution in [2.24, 2.45) is 5.92 Å². The number of oxazole rings is 1. The van der Waals surface area contributed by atoms with Crippen LogP contribution in [0, 0.1) is 11.7 Å². The smallest absolute Gasteiger partial charge is 0.407 e. The van der Waals surface area contributed by atoms with Gasteiger partial charge in [0, 0.05) is 19.6 Å². The van der Waals surface area contributed by atoms with Crippen molar-refractivity contribution in [3.05, 3.63) is 28.9 Å². The minimum atomic E-state index is -0.558. The molecule has 7 heteroatoms. The Morgan fingerprint density at radius 2 is 2.24 bits per heavy atom. The van der Waals surface area contributed by atoms with Gasteiger partial charge in [0.25, 0.3) is 0 Å². The van der Waals surface area contributed by atoms with Gasteiger partial charge < -0.3 is 19.6 Å². The van der Waals surface area contributed by atoms with Crippen LogP contribution in [-0.4, -0.2) is 34.9 Å². The lowest BCUT2D eigenvalue weighted by molar-refractivity contribution is 0.0528. The molecule has 2 aromatic rings. The highest BCUT2D eigenvalue weighted by Crippen LogP contribution is 2.33. The van der Waals surface area contributed by atoms with Crippen LogP contribution < -0.4 is 5.32 Å². The number of nitrogens with one attached hydrogen (secondary N) is 1. The van der Waals surface area contributed by atoms with Gasteiger partial charge in [0.15, 0.2) is 17.3 Å². The second-order valence-corrected chi connectivity index (χ2v) is 7.42. The summed E-state index contributed by atoms with van der Waals surface area (Å²) in [6.45, 7) is 5.70. The van der Waals surface area contributed by atoms with E-state index in [0.717, 1.165) is 5.56 Å². The van der Waals surface area contributed by atoms with Crippen LogP contribution in [0.3, 0.4) is 0 Å². The fourth-order valence-corrected chi connectivity index (χ4v) is 3.06. The highest BCUT2D eigenvalue weighted by atomic mass is 19.1. The number of fused-ring (bicyclic) bond motifs is 2. The summed E-state index contributed by atoms with van der Waals surface area (Å²) in [5.74, 6) is 0.0446. The van der Waals surface area contributed by atoms with Crippen molar-refractivity contribution in [1.82, 2.24) is 10.3 Å². The summed E-state index contributed by atoms with van der Waals surface area (Å²) in [5.41, 5.74) is 1.56. The first kappa shape index (κ1) is 17.7. The van der Waals surface area contributed by atoms with Crippen molar-refractivity contribution in [1.29, 1.82) is 0 Å². The second kappa shape index (κ2) is 6.63. The number of aliphatic hydroxyl groups excluding tert-OH is 1. The standard InChI is InChI=1S/C18H23FN2O4/c1-18(2,3)25-17(23)20-5-4-14-21-13-8-11-6-10(9-22)7-12(11)15(19)16(13)24-14/h8,10,22H,4-7,9H2,1-3H3,(H,20,23). The van der Waals surface area contributed by atoms with E-state index in [1.165, 1.54) is 0 Å². The summed E-state index contributed by atoms with van der Waals surface area (Å²) in [6, 6.07) is 1.83. The molecule has 136 valence electrons. The maximum atomic E-state index is 14.6. The zero-order valence-corrected chi connectivity index (χ0v) is 14.7. The number of carbonyl (C=O) groups excluding carboxylic acids is 1. The van der Waals surface area contributed by atoms with Crippen LogP contribution in [0.5, 0.6) is 0 Å². The van der Waals surface area contributed by atoms with Gasteiger partial charge in [-0.25, -0.2) is 14.2 Å². The van der Waals surface area contributed by atoms with Crippen molar-refractivity contribution in [2.75, 3.05) is 13.2 Å². The molecule has 1 aliphatic carbocycles. The van der Waals surface area contributed by atoms with E-state index in [2.05, 4.69) is 10.3 Å². The number of amides is 1. The van der Waals surface area contributed by atoms with Gasteiger partial charge in [-0.15, -0.1) is 0 Å². The molecule has 0 saturated heterocycles. The monoisotopic (exact) mass is 350 g/mol. The summed E-state index contributed by atoms with van der Waals surface area (Å²) < 4.78 is 25.3. The minimum absolute atomic E-state index is 0.0461. The maximum absolute atomic E-state index is 14.6. The van der Waals surface area contributed by atoms with Crippen LogP contribution in [0.1, 0.15) is 37.8 Å². The largest absolute Gasteiger partial charge is 0.444 e. The molecule has 0 fully saturated rings. The molecule has 1 aromatic heterocycles. The van der Waals surface area contributed by atoms with E-state index in [1.54, 1.807) is 20.8 Å². The van der Waals surface area contributed by atoms with Crippen molar-refractivity contribution in [3.63, 3.8) is 0 Å². The summed E-state index contributed by atoms with van der Waals surface area (Å²) in [6.07, 6.45) is 1.01. The van der Waals surface area contributed by atoms with Gasteiger partial charge in [-0.05, 0) is 56.7 Å². The van der Waals surface area contributed by atoms with Crippen LogP contribution in [0.2, 0.25) is 0 Å². The van der Waals surface area contributed by atoms with Gasteiger partial charge in [0.1, 0.15) is 11.1 Å². The Balaban J connectivity index is 1.67. The van der Waals surface area contributed by atoms with Crippen LogP contribution in [0.15, 0.2) is 10.5 Å². The van der Waals surface area contributed by atoms with Gasteiger partial charge in [-0.2, -0.15) is 0 Å². The predicted molar refractivity (Wildman–Crippen MR) is 89.9 cm³/mol. The second-order valence-electron chi connectivity index (χ2n) is 7.42. The summed E-state index contributed by atoms with van der Waals surface area (Å²) >= 11 is 0. The molecule has 1 amide bonds. The first-order valence-corrected chi connectivity index (χ1v) is 8.44. The van der Waals surface area contributed by atoms with Gasteiger partial charge >= 0.3 is 6.09 Å². The number of aromatic nitrogens is 1. The van der Waals surface area contributed by atoms with Gasteiger partial charge in [0.05, 0.1) is 0 Å². The Kier molecular flexibility index (Phi) is 4.69. The highest BCUT2D eigenvalue weighted by molar-refractivity contribution is 5.76. The molecule has 0 bridgehead atoms. The Morgan fingerprint density at radius 3 is 2.92 bits per heavy atom. The van der Waals surface area contributed by atoms with E-state index in [9.17, 15) is 14.3 Å². The number of rotatable bonds is 4. The Bertz CT molecular complexity index is 794. The third kappa shape index (κ3) is 3.92. The molecule has 0 saturated carbocycles. The molecule has 25 heavy (non-hydrogen) atoms. The molecular formula is C18H23FN2O4. The fourth-order valence-electron chi connectivity index (χ4n) is 3.06. The van der Waals surface area contributed by atoms with E-state index in [-0.39, 0.29) is 30.5 Å². The summed E-state index contributed by atoms with van der Waals surface area (Å²) in [5, 5.41) is 11.9. The highest BCUT2D eigenvalue weighted by Gasteiger charge is 2.27. The molecule has 1 atom stereocenters. The zero-order valence-electron chi connectivity index (χ0n) is 14.7. The number of ether oxygens (including phenoxy) is 1. The normalized spacial score (nSPS) is 16.9. The number of hydrogen-bond acceptors (Lipinski definition) is 5. The van der Waals surface area contributed by atoms with Gasteiger partial charge in [-0.3, -0.25) is 0 Å². The molecule has 1 unspecified atom stereocenters. The summed E-state index contributed by atoms with van der Waals surface area (Å²) in [7, 11) is 0. The lowest BCUT2D eigenvalue weighted by Gasteiger charge is -2.19. The number of halogens is 1. The fraction of sp³-hybridized carbons (Fsp3) is 0.556. The molecule has 6 nitrogen and oxygen atoms in total. The molecule has 3 rings (SSSR count). The molecule has 1 heterocycles. The molecule has 2 N–H and O–H groups in total. The van der Waals surface area contributed by atoms with Crippen molar-refractivity contribution < 1.29 is 23.4 Å². The van der Waals surface area contributed by atoms with E-state index >= 15 is 0 Å². The minimum Gasteiger partial charge on any atom is -0.444 e. The van der Waals surface area contributed by atoms with Crippen molar-refractivity contribution in [3.8, 4) is 0 Å². The van der Waals surface area contributed by atoms with Crippen LogP contribution >= 0.6 is 0 Å². The number of nitrogens with zero attached hydrogens (tertiary/aromatic N) is 1. The number of alkyl carbamates (subject to hydrolysis) is 1. The number of hydrogen-bond donors (Lipinski definition) is 2. The van der Waals surface area contributed by atoms with E-state index in [0.29, 0.717) is 36.2 Å². The predicted octanol–water partition coefficient (Wildman–Crippen LogP) is 2.74. The molecule has 1 aromatic carbocycles.